The molecule has 1 fully saturated rings. The van der Waals surface area contributed by atoms with Crippen LogP contribution in [0.3, 0.4) is 0 Å². The molecule has 2 aliphatic rings. The number of carbonyl (C=O) groups is 1. The quantitative estimate of drug-likeness (QED) is 0.890. The van der Waals surface area contributed by atoms with Crippen molar-refractivity contribution in [3.05, 3.63) is 35.4 Å². The molecule has 4 nitrogen and oxygen atoms in total. The molecular weight excluding hydrogens is 288 g/mol. The fourth-order valence-corrected chi connectivity index (χ4v) is 3.27. The van der Waals surface area contributed by atoms with Crippen LogP contribution in [0.2, 0.25) is 0 Å². The van der Waals surface area contributed by atoms with E-state index in [0.29, 0.717) is 19.0 Å². The number of fused-ring (bicyclic) bond motifs is 1. The second-order valence-electron chi connectivity index (χ2n) is 5.74. The molecule has 1 amide bonds. The number of hydrogen-bond acceptors (Lipinski definition) is 3. The molecule has 0 radical (unpaired) electrons. The second-order valence-corrected chi connectivity index (χ2v) is 5.74. The summed E-state index contributed by atoms with van der Waals surface area (Å²) in [5, 5.41) is 3.05. The molecule has 1 aliphatic carbocycles. The molecule has 3 N–H and O–H groups in total. The van der Waals surface area contributed by atoms with Gasteiger partial charge in [0.25, 0.3) is 0 Å². The van der Waals surface area contributed by atoms with Gasteiger partial charge in [-0.15, -0.1) is 12.4 Å². The summed E-state index contributed by atoms with van der Waals surface area (Å²) in [6.45, 7) is 1.21. The number of halogens is 1. The maximum Gasteiger partial charge on any atom is 0.249 e. The van der Waals surface area contributed by atoms with Gasteiger partial charge in [-0.05, 0) is 36.8 Å². The van der Waals surface area contributed by atoms with E-state index in [2.05, 4.69) is 29.6 Å². The first-order valence-electron chi connectivity index (χ1n) is 7.49. The summed E-state index contributed by atoms with van der Waals surface area (Å²) in [7, 11) is 0. The van der Waals surface area contributed by atoms with Gasteiger partial charge in [0.2, 0.25) is 5.91 Å². The third-order valence-corrected chi connectivity index (χ3v) is 4.44. The highest BCUT2D eigenvalue weighted by atomic mass is 35.5. The van der Waals surface area contributed by atoms with Gasteiger partial charge in [-0.3, -0.25) is 4.79 Å². The van der Waals surface area contributed by atoms with Crippen molar-refractivity contribution in [2.24, 2.45) is 5.73 Å². The predicted octanol–water partition coefficient (Wildman–Crippen LogP) is 1.76. The molecule has 21 heavy (non-hydrogen) atoms. The number of carbonyl (C=O) groups excluding carboxylic acids is 1. The molecule has 116 valence electrons. The summed E-state index contributed by atoms with van der Waals surface area (Å²) >= 11 is 0. The van der Waals surface area contributed by atoms with Crippen LogP contribution < -0.4 is 11.1 Å². The Morgan fingerprint density at radius 1 is 1.29 bits per heavy atom. The van der Waals surface area contributed by atoms with Crippen LogP contribution in [0.1, 0.15) is 36.3 Å². The Morgan fingerprint density at radius 3 is 2.86 bits per heavy atom. The van der Waals surface area contributed by atoms with Crippen molar-refractivity contribution in [1.82, 2.24) is 5.32 Å². The van der Waals surface area contributed by atoms with Crippen molar-refractivity contribution in [2.75, 3.05) is 13.1 Å². The zero-order chi connectivity index (χ0) is 13.9. The van der Waals surface area contributed by atoms with E-state index in [-0.39, 0.29) is 30.5 Å². The standard InChI is InChI=1S/C16H22N2O2.ClH/c17-9-13-7-8-15(20-13)16(19)18-10-12-6-5-11-3-1-2-4-14(11)12;/h1-4,12-13,15H,5-10,17H2,(H,18,19);1H/t12?,13-,15+;/m1./s1. The Labute approximate surface area is 131 Å². The number of hydrogen-bond donors (Lipinski definition) is 2. The van der Waals surface area contributed by atoms with Crippen molar-refractivity contribution >= 4 is 18.3 Å². The van der Waals surface area contributed by atoms with Crippen LogP contribution in [0.5, 0.6) is 0 Å². The van der Waals surface area contributed by atoms with Gasteiger partial charge in [0.1, 0.15) is 6.10 Å². The number of nitrogens with two attached hydrogens (primary N) is 1. The normalized spacial score (nSPS) is 27.0. The van der Waals surface area contributed by atoms with Crippen LogP contribution >= 0.6 is 12.4 Å². The number of aryl methyl sites for hydroxylation is 1. The average Bonchev–Trinajstić information content (AvgIpc) is 3.11. The lowest BCUT2D eigenvalue weighted by Gasteiger charge is -2.16. The van der Waals surface area contributed by atoms with Crippen molar-refractivity contribution in [3.63, 3.8) is 0 Å². The Hall–Kier alpha value is -1.10. The van der Waals surface area contributed by atoms with E-state index in [0.717, 1.165) is 25.7 Å². The zero-order valence-corrected chi connectivity index (χ0v) is 12.9. The molecule has 1 aliphatic heterocycles. The minimum atomic E-state index is -0.305. The van der Waals surface area contributed by atoms with Crippen LogP contribution in [0.15, 0.2) is 24.3 Å². The van der Waals surface area contributed by atoms with Gasteiger partial charge in [0.05, 0.1) is 6.10 Å². The zero-order valence-electron chi connectivity index (χ0n) is 12.1. The summed E-state index contributed by atoms with van der Waals surface area (Å²) in [6.07, 6.45) is 3.66. The van der Waals surface area contributed by atoms with Crippen molar-refractivity contribution in [2.45, 2.75) is 43.8 Å². The lowest BCUT2D eigenvalue weighted by molar-refractivity contribution is -0.131. The lowest BCUT2D eigenvalue weighted by atomic mass is 10.0. The summed E-state index contributed by atoms with van der Waals surface area (Å²) in [5.41, 5.74) is 8.38. The third-order valence-electron chi connectivity index (χ3n) is 4.44. The molecule has 1 saturated heterocycles. The van der Waals surface area contributed by atoms with Gasteiger partial charge in [0.15, 0.2) is 0 Å². The third kappa shape index (κ3) is 3.57. The molecule has 0 spiro atoms. The van der Waals surface area contributed by atoms with Gasteiger partial charge in [-0.2, -0.15) is 0 Å². The van der Waals surface area contributed by atoms with Crippen LogP contribution in [0, 0.1) is 0 Å². The minimum Gasteiger partial charge on any atom is -0.364 e. The SMILES string of the molecule is Cl.NC[C@H]1CC[C@@H](C(=O)NCC2CCc3ccccc32)O1. The molecule has 0 saturated carbocycles. The van der Waals surface area contributed by atoms with Crippen LogP contribution in [0.4, 0.5) is 0 Å². The molecule has 1 unspecified atom stereocenters. The Balaban J connectivity index is 0.00000161. The number of rotatable bonds is 4. The minimum absolute atomic E-state index is 0. The smallest absolute Gasteiger partial charge is 0.249 e. The monoisotopic (exact) mass is 310 g/mol. The van der Waals surface area contributed by atoms with Crippen LogP contribution in [-0.2, 0) is 16.0 Å². The number of ether oxygens (including phenoxy) is 1. The molecule has 1 aromatic rings. The van der Waals surface area contributed by atoms with E-state index in [9.17, 15) is 4.79 Å². The maximum absolute atomic E-state index is 12.1. The van der Waals surface area contributed by atoms with Gasteiger partial charge in [0, 0.05) is 19.0 Å². The fourth-order valence-electron chi connectivity index (χ4n) is 3.27. The molecule has 0 bridgehead atoms. The highest BCUT2D eigenvalue weighted by Crippen LogP contribution is 2.32. The molecule has 1 aromatic carbocycles. The van der Waals surface area contributed by atoms with Crippen LogP contribution in [-0.4, -0.2) is 31.2 Å². The molecule has 0 aromatic heterocycles. The first-order chi connectivity index (χ1) is 9.78. The maximum atomic E-state index is 12.1. The predicted molar refractivity (Wildman–Crippen MR) is 84.7 cm³/mol. The molecular formula is C16H23ClN2O2. The fraction of sp³-hybridized carbons (Fsp3) is 0.562. The van der Waals surface area contributed by atoms with E-state index < -0.39 is 0 Å². The molecule has 3 atom stereocenters. The molecule has 5 heteroatoms. The summed E-state index contributed by atoms with van der Waals surface area (Å²) in [5.74, 6) is 0.465. The average molecular weight is 311 g/mol. The lowest BCUT2D eigenvalue weighted by Crippen LogP contribution is -2.37. The van der Waals surface area contributed by atoms with Gasteiger partial charge in [-0.1, -0.05) is 24.3 Å². The van der Waals surface area contributed by atoms with E-state index >= 15 is 0 Å². The number of amides is 1. The van der Waals surface area contributed by atoms with E-state index in [1.54, 1.807) is 0 Å². The summed E-state index contributed by atoms with van der Waals surface area (Å²) in [4.78, 5) is 12.1. The Morgan fingerprint density at radius 2 is 2.10 bits per heavy atom. The Kier molecular flexibility index (Phi) is 5.62. The second kappa shape index (κ2) is 7.25. The molecule has 3 rings (SSSR count). The van der Waals surface area contributed by atoms with Crippen molar-refractivity contribution in [3.8, 4) is 0 Å². The Bertz CT molecular complexity index is 495. The summed E-state index contributed by atoms with van der Waals surface area (Å²) in [6, 6.07) is 8.52. The van der Waals surface area contributed by atoms with Crippen molar-refractivity contribution < 1.29 is 9.53 Å². The first-order valence-corrected chi connectivity index (χ1v) is 7.49. The van der Waals surface area contributed by atoms with E-state index in [4.69, 9.17) is 10.5 Å². The van der Waals surface area contributed by atoms with Gasteiger partial charge < -0.3 is 15.8 Å². The topological polar surface area (TPSA) is 64.4 Å². The number of benzene rings is 1. The van der Waals surface area contributed by atoms with Crippen LogP contribution in [0.25, 0.3) is 0 Å². The van der Waals surface area contributed by atoms with Crippen molar-refractivity contribution in [1.29, 1.82) is 0 Å². The van der Waals surface area contributed by atoms with Gasteiger partial charge >= 0.3 is 0 Å². The summed E-state index contributed by atoms with van der Waals surface area (Å²) < 4.78 is 5.62. The van der Waals surface area contributed by atoms with E-state index in [1.807, 2.05) is 0 Å². The number of nitrogens with one attached hydrogen (secondary N) is 1. The van der Waals surface area contributed by atoms with Gasteiger partial charge in [-0.25, -0.2) is 0 Å². The highest BCUT2D eigenvalue weighted by Gasteiger charge is 2.30. The first kappa shape index (κ1) is 16.3. The largest absolute Gasteiger partial charge is 0.364 e. The highest BCUT2D eigenvalue weighted by molar-refractivity contribution is 5.85. The molecule has 1 heterocycles. The van der Waals surface area contributed by atoms with E-state index in [1.165, 1.54) is 11.1 Å².